The van der Waals surface area contributed by atoms with Crippen LogP contribution in [0.5, 0.6) is 5.75 Å². The SMILES string of the molecule is CC(C)[C@@H](NC(N)=O)C(=O)NCCOc1ccc(Cl)cc1. The summed E-state index contributed by atoms with van der Waals surface area (Å²) in [5.41, 5.74) is 5.05. The minimum atomic E-state index is -0.721. The van der Waals surface area contributed by atoms with Gasteiger partial charge in [-0.05, 0) is 30.2 Å². The Kier molecular flexibility index (Phi) is 6.81. The largest absolute Gasteiger partial charge is 0.492 e. The fourth-order valence-corrected chi connectivity index (χ4v) is 1.80. The number of carbonyl (C=O) groups excluding carboxylic acids is 2. The molecule has 6 nitrogen and oxygen atoms in total. The van der Waals surface area contributed by atoms with Gasteiger partial charge in [0, 0.05) is 5.02 Å². The number of urea groups is 1. The van der Waals surface area contributed by atoms with Crippen molar-refractivity contribution < 1.29 is 14.3 Å². The standard InChI is InChI=1S/C14H20ClN3O3/c1-9(2)12(18-14(16)20)13(19)17-7-8-21-11-5-3-10(15)4-6-11/h3-6,9,12H,7-8H2,1-2H3,(H,17,19)(H3,16,18,20)/t12-/m1/s1. The van der Waals surface area contributed by atoms with Crippen LogP contribution >= 0.6 is 11.6 Å². The van der Waals surface area contributed by atoms with E-state index >= 15 is 0 Å². The van der Waals surface area contributed by atoms with E-state index in [0.29, 0.717) is 23.9 Å². The van der Waals surface area contributed by atoms with Gasteiger partial charge in [-0.2, -0.15) is 0 Å². The fourth-order valence-electron chi connectivity index (χ4n) is 1.67. The summed E-state index contributed by atoms with van der Waals surface area (Å²) in [5, 5.41) is 5.74. The van der Waals surface area contributed by atoms with Crippen LogP contribution in [-0.4, -0.2) is 31.1 Å². The molecule has 0 aliphatic rings. The second-order valence-electron chi connectivity index (χ2n) is 4.82. The first-order valence-corrected chi connectivity index (χ1v) is 7.00. The lowest BCUT2D eigenvalue weighted by molar-refractivity contribution is -0.123. The molecule has 1 atom stereocenters. The minimum absolute atomic E-state index is 0.0605. The third kappa shape index (κ3) is 6.35. The van der Waals surface area contributed by atoms with Gasteiger partial charge < -0.3 is 21.1 Å². The van der Waals surface area contributed by atoms with Crippen LogP contribution in [0.2, 0.25) is 5.02 Å². The quantitative estimate of drug-likeness (QED) is 0.666. The Morgan fingerprint density at radius 2 is 1.90 bits per heavy atom. The number of ether oxygens (including phenoxy) is 1. The first-order valence-electron chi connectivity index (χ1n) is 6.62. The van der Waals surface area contributed by atoms with Crippen molar-refractivity contribution in [3.8, 4) is 5.75 Å². The molecule has 0 heterocycles. The number of halogens is 1. The van der Waals surface area contributed by atoms with Crippen LogP contribution in [0.4, 0.5) is 4.79 Å². The van der Waals surface area contributed by atoms with Crippen LogP contribution in [0.15, 0.2) is 24.3 Å². The van der Waals surface area contributed by atoms with Gasteiger partial charge in [0.2, 0.25) is 5.91 Å². The van der Waals surface area contributed by atoms with Crippen LogP contribution in [0.1, 0.15) is 13.8 Å². The molecule has 0 radical (unpaired) electrons. The van der Waals surface area contributed by atoms with Crippen molar-refractivity contribution in [2.75, 3.05) is 13.2 Å². The summed E-state index contributed by atoms with van der Waals surface area (Å²) in [6.07, 6.45) is 0. The molecule has 0 fully saturated rings. The second kappa shape index (κ2) is 8.36. The van der Waals surface area contributed by atoms with Crippen molar-refractivity contribution in [2.24, 2.45) is 11.7 Å². The lowest BCUT2D eigenvalue weighted by Gasteiger charge is -2.20. The molecule has 116 valence electrons. The molecule has 7 heteroatoms. The zero-order valence-electron chi connectivity index (χ0n) is 12.1. The van der Waals surface area contributed by atoms with Gasteiger partial charge in [-0.3, -0.25) is 4.79 Å². The maximum absolute atomic E-state index is 11.9. The van der Waals surface area contributed by atoms with E-state index in [9.17, 15) is 9.59 Å². The highest BCUT2D eigenvalue weighted by molar-refractivity contribution is 6.30. The third-order valence-corrected chi connectivity index (χ3v) is 2.98. The van der Waals surface area contributed by atoms with Gasteiger partial charge in [0.15, 0.2) is 0 Å². The van der Waals surface area contributed by atoms with Crippen LogP contribution < -0.4 is 21.1 Å². The number of amides is 3. The minimum Gasteiger partial charge on any atom is -0.492 e. The highest BCUT2D eigenvalue weighted by Crippen LogP contribution is 2.15. The predicted molar refractivity (Wildman–Crippen MR) is 81.3 cm³/mol. The number of benzene rings is 1. The average Bonchev–Trinajstić information content (AvgIpc) is 2.42. The lowest BCUT2D eigenvalue weighted by atomic mass is 10.0. The predicted octanol–water partition coefficient (Wildman–Crippen LogP) is 1.53. The maximum atomic E-state index is 11.9. The highest BCUT2D eigenvalue weighted by Gasteiger charge is 2.22. The molecule has 0 aromatic heterocycles. The van der Waals surface area contributed by atoms with E-state index in [1.807, 2.05) is 13.8 Å². The molecule has 0 spiro atoms. The zero-order chi connectivity index (χ0) is 15.8. The van der Waals surface area contributed by atoms with Crippen LogP contribution in [0.3, 0.4) is 0 Å². The van der Waals surface area contributed by atoms with Gasteiger partial charge in [0.25, 0.3) is 0 Å². The Hall–Kier alpha value is -1.95. The Morgan fingerprint density at radius 3 is 2.43 bits per heavy atom. The van der Waals surface area contributed by atoms with Crippen molar-refractivity contribution in [3.05, 3.63) is 29.3 Å². The molecule has 0 unspecified atom stereocenters. The molecule has 4 N–H and O–H groups in total. The van der Waals surface area contributed by atoms with Crippen molar-refractivity contribution in [1.82, 2.24) is 10.6 Å². The van der Waals surface area contributed by atoms with Crippen LogP contribution in [0.25, 0.3) is 0 Å². The van der Waals surface area contributed by atoms with Crippen LogP contribution in [-0.2, 0) is 4.79 Å². The number of carbonyl (C=O) groups is 2. The summed E-state index contributed by atoms with van der Waals surface area (Å²) in [4.78, 5) is 22.8. The lowest BCUT2D eigenvalue weighted by Crippen LogP contribution is -2.51. The highest BCUT2D eigenvalue weighted by atomic mass is 35.5. The molecule has 0 saturated carbocycles. The number of primary amides is 1. The summed E-state index contributed by atoms with van der Waals surface area (Å²) < 4.78 is 5.45. The number of hydrogen-bond acceptors (Lipinski definition) is 3. The molecule has 0 aliphatic heterocycles. The van der Waals surface area contributed by atoms with Gasteiger partial charge in [-0.15, -0.1) is 0 Å². The van der Waals surface area contributed by atoms with E-state index in [2.05, 4.69) is 10.6 Å². The summed E-state index contributed by atoms with van der Waals surface area (Å²) in [6, 6.07) is 5.56. The monoisotopic (exact) mass is 313 g/mol. The topological polar surface area (TPSA) is 93.5 Å². The molecule has 1 rings (SSSR count). The zero-order valence-corrected chi connectivity index (χ0v) is 12.8. The Balaban J connectivity index is 2.34. The number of hydrogen-bond donors (Lipinski definition) is 3. The van der Waals surface area contributed by atoms with E-state index in [-0.39, 0.29) is 11.8 Å². The molecular formula is C14H20ClN3O3. The molecular weight excluding hydrogens is 294 g/mol. The van der Waals surface area contributed by atoms with Gasteiger partial charge in [0.05, 0.1) is 6.54 Å². The first kappa shape index (κ1) is 17.1. The summed E-state index contributed by atoms with van der Waals surface area (Å²) in [7, 11) is 0. The van der Waals surface area contributed by atoms with Crippen molar-refractivity contribution in [2.45, 2.75) is 19.9 Å². The van der Waals surface area contributed by atoms with E-state index < -0.39 is 12.1 Å². The molecule has 0 bridgehead atoms. The Bertz CT molecular complexity index is 477. The molecule has 3 amide bonds. The molecule has 0 aliphatic carbocycles. The van der Waals surface area contributed by atoms with Crippen molar-refractivity contribution in [3.63, 3.8) is 0 Å². The molecule has 1 aromatic carbocycles. The Morgan fingerprint density at radius 1 is 1.29 bits per heavy atom. The summed E-state index contributed by atoms with van der Waals surface area (Å²) in [6.45, 7) is 4.29. The van der Waals surface area contributed by atoms with E-state index in [0.717, 1.165) is 0 Å². The second-order valence-corrected chi connectivity index (χ2v) is 5.26. The molecule has 0 saturated heterocycles. The van der Waals surface area contributed by atoms with Crippen LogP contribution in [0, 0.1) is 5.92 Å². The van der Waals surface area contributed by atoms with Gasteiger partial charge in [-0.1, -0.05) is 25.4 Å². The Labute approximate surface area is 129 Å². The van der Waals surface area contributed by atoms with E-state index in [4.69, 9.17) is 22.1 Å². The number of nitrogens with one attached hydrogen (secondary N) is 2. The van der Waals surface area contributed by atoms with Gasteiger partial charge in [0.1, 0.15) is 18.4 Å². The normalized spacial score (nSPS) is 11.8. The maximum Gasteiger partial charge on any atom is 0.312 e. The summed E-state index contributed by atoms with van der Waals surface area (Å²) in [5.74, 6) is 0.322. The molecule has 1 aromatic rings. The van der Waals surface area contributed by atoms with E-state index in [1.54, 1.807) is 24.3 Å². The summed E-state index contributed by atoms with van der Waals surface area (Å²) >= 11 is 5.76. The van der Waals surface area contributed by atoms with Gasteiger partial charge in [-0.25, -0.2) is 4.79 Å². The van der Waals surface area contributed by atoms with Crippen molar-refractivity contribution in [1.29, 1.82) is 0 Å². The van der Waals surface area contributed by atoms with Crippen molar-refractivity contribution >= 4 is 23.5 Å². The number of rotatable bonds is 7. The first-order chi connectivity index (χ1) is 9.90. The fraction of sp³-hybridized carbons (Fsp3) is 0.429. The molecule has 21 heavy (non-hydrogen) atoms. The number of nitrogens with two attached hydrogens (primary N) is 1. The van der Waals surface area contributed by atoms with E-state index in [1.165, 1.54) is 0 Å². The third-order valence-electron chi connectivity index (χ3n) is 2.73. The smallest absolute Gasteiger partial charge is 0.312 e. The van der Waals surface area contributed by atoms with Gasteiger partial charge >= 0.3 is 6.03 Å². The average molecular weight is 314 g/mol.